The van der Waals surface area contributed by atoms with E-state index in [0.29, 0.717) is 22.2 Å². The Hall–Kier alpha value is -2.57. The van der Waals surface area contributed by atoms with Gasteiger partial charge in [0.25, 0.3) is 0 Å². The Bertz CT molecular complexity index is 1150. The van der Waals surface area contributed by atoms with Crippen LogP contribution in [0.5, 0.6) is 0 Å². The summed E-state index contributed by atoms with van der Waals surface area (Å²) in [6, 6.07) is 17.0. The van der Waals surface area contributed by atoms with Crippen LogP contribution in [-0.2, 0) is 16.6 Å². The Morgan fingerprint density at radius 1 is 1.04 bits per heavy atom. The first-order valence-corrected chi connectivity index (χ1v) is 9.39. The van der Waals surface area contributed by atoms with E-state index in [4.69, 9.17) is 16.7 Å². The standard InChI is InChI=1S/C18H11ClN4OS/c19-13-7-5-11(6-8-13)18-21-20-16-9-12-10-25(24)15-4-2-1-3-14(15)17(12)22-23(16)18/h1-9H,10H2. The van der Waals surface area contributed by atoms with Crippen LogP contribution in [0.3, 0.4) is 0 Å². The molecule has 122 valence electrons. The lowest BCUT2D eigenvalue weighted by Gasteiger charge is -2.18. The molecule has 5 rings (SSSR count). The van der Waals surface area contributed by atoms with Crippen molar-refractivity contribution < 1.29 is 4.21 Å². The minimum absolute atomic E-state index is 0.443. The van der Waals surface area contributed by atoms with E-state index in [1.807, 2.05) is 54.6 Å². The third kappa shape index (κ3) is 2.29. The van der Waals surface area contributed by atoms with Crippen LogP contribution in [-0.4, -0.2) is 24.0 Å². The van der Waals surface area contributed by atoms with Gasteiger partial charge >= 0.3 is 0 Å². The highest BCUT2D eigenvalue weighted by atomic mass is 35.5. The summed E-state index contributed by atoms with van der Waals surface area (Å²) in [5, 5.41) is 13.9. The third-order valence-electron chi connectivity index (χ3n) is 4.25. The van der Waals surface area contributed by atoms with Gasteiger partial charge in [-0.15, -0.1) is 10.2 Å². The van der Waals surface area contributed by atoms with Crippen molar-refractivity contribution in [2.45, 2.75) is 10.6 Å². The molecule has 0 saturated carbocycles. The van der Waals surface area contributed by atoms with Gasteiger partial charge in [-0.2, -0.15) is 9.61 Å². The predicted molar refractivity (Wildman–Crippen MR) is 96.8 cm³/mol. The SMILES string of the molecule is O=S1Cc2cc3nnc(-c4ccc(Cl)cc4)n3nc2-c2ccccc21. The molecule has 4 aromatic rings. The Kier molecular flexibility index (Phi) is 3.23. The maximum Gasteiger partial charge on any atom is 0.185 e. The van der Waals surface area contributed by atoms with E-state index in [9.17, 15) is 4.21 Å². The number of benzene rings is 2. The highest BCUT2D eigenvalue weighted by Gasteiger charge is 2.24. The highest BCUT2D eigenvalue weighted by Crippen LogP contribution is 2.35. The van der Waals surface area contributed by atoms with E-state index in [0.717, 1.165) is 27.3 Å². The molecule has 0 aliphatic carbocycles. The van der Waals surface area contributed by atoms with Gasteiger partial charge in [-0.1, -0.05) is 29.8 Å². The van der Waals surface area contributed by atoms with Crippen LogP contribution in [0.25, 0.3) is 28.3 Å². The van der Waals surface area contributed by atoms with Gasteiger partial charge in [0.1, 0.15) is 0 Å². The highest BCUT2D eigenvalue weighted by molar-refractivity contribution is 7.84. The van der Waals surface area contributed by atoms with E-state index in [-0.39, 0.29) is 0 Å². The second-order valence-corrected chi connectivity index (χ2v) is 7.66. The number of rotatable bonds is 1. The molecule has 0 N–H and O–H groups in total. The quantitative estimate of drug-likeness (QED) is 0.515. The molecule has 2 aromatic heterocycles. The molecular weight excluding hydrogens is 356 g/mol. The first-order valence-electron chi connectivity index (χ1n) is 7.70. The molecule has 3 heterocycles. The summed E-state index contributed by atoms with van der Waals surface area (Å²) in [6.45, 7) is 0. The van der Waals surface area contributed by atoms with Crippen molar-refractivity contribution in [1.29, 1.82) is 0 Å². The predicted octanol–water partition coefficient (Wildman–Crippen LogP) is 3.73. The van der Waals surface area contributed by atoms with Gasteiger partial charge in [0.05, 0.1) is 22.2 Å². The lowest BCUT2D eigenvalue weighted by Crippen LogP contribution is -2.11. The summed E-state index contributed by atoms with van der Waals surface area (Å²) >= 11 is 5.97. The van der Waals surface area contributed by atoms with Crippen molar-refractivity contribution in [3.05, 3.63) is 65.2 Å². The van der Waals surface area contributed by atoms with Gasteiger partial charge in [0.2, 0.25) is 0 Å². The second-order valence-electron chi connectivity index (χ2n) is 5.80. The van der Waals surface area contributed by atoms with Crippen LogP contribution in [0.2, 0.25) is 5.02 Å². The molecule has 7 heteroatoms. The average molecular weight is 367 g/mol. The topological polar surface area (TPSA) is 60.2 Å². The van der Waals surface area contributed by atoms with Gasteiger partial charge < -0.3 is 0 Å². The first-order chi connectivity index (χ1) is 12.2. The second kappa shape index (κ2) is 5.47. The molecule has 5 nitrogen and oxygen atoms in total. The smallest absolute Gasteiger partial charge is 0.185 e. The lowest BCUT2D eigenvalue weighted by molar-refractivity contribution is 0.681. The molecule has 2 aromatic carbocycles. The zero-order valence-corrected chi connectivity index (χ0v) is 14.5. The van der Waals surface area contributed by atoms with E-state index in [2.05, 4.69) is 10.2 Å². The molecule has 1 aliphatic heterocycles. The summed E-state index contributed by atoms with van der Waals surface area (Å²) in [5.41, 5.74) is 4.19. The van der Waals surface area contributed by atoms with Crippen molar-refractivity contribution in [3.63, 3.8) is 0 Å². The monoisotopic (exact) mass is 366 g/mol. The molecule has 0 spiro atoms. The molecule has 1 atom stereocenters. The maximum absolute atomic E-state index is 12.5. The fraction of sp³-hybridized carbons (Fsp3) is 0.0556. The molecule has 0 saturated heterocycles. The van der Waals surface area contributed by atoms with E-state index in [1.54, 1.807) is 4.52 Å². The van der Waals surface area contributed by atoms with Crippen molar-refractivity contribution in [2.24, 2.45) is 0 Å². The van der Waals surface area contributed by atoms with Crippen LogP contribution in [0.1, 0.15) is 5.56 Å². The first kappa shape index (κ1) is 14.7. The molecule has 0 radical (unpaired) electrons. The Labute approximate surface area is 150 Å². The largest absolute Gasteiger partial charge is 0.254 e. The Morgan fingerprint density at radius 2 is 1.84 bits per heavy atom. The van der Waals surface area contributed by atoms with E-state index >= 15 is 0 Å². The van der Waals surface area contributed by atoms with Gasteiger partial charge in [-0.25, -0.2) is 0 Å². The Balaban J connectivity index is 1.77. The number of aromatic nitrogens is 4. The summed E-state index contributed by atoms with van der Waals surface area (Å²) in [6.07, 6.45) is 0. The number of halogens is 1. The van der Waals surface area contributed by atoms with Crippen molar-refractivity contribution in [2.75, 3.05) is 0 Å². The van der Waals surface area contributed by atoms with Crippen LogP contribution < -0.4 is 0 Å². The third-order valence-corrected chi connectivity index (χ3v) is 5.92. The summed E-state index contributed by atoms with van der Waals surface area (Å²) in [7, 11) is -1.06. The van der Waals surface area contributed by atoms with Gasteiger partial charge in [0.15, 0.2) is 11.5 Å². The minimum Gasteiger partial charge on any atom is -0.254 e. The normalized spacial score (nSPS) is 15.8. The van der Waals surface area contributed by atoms with E-state index < -0.39 is 10.8 Å². The fourth-order valence-electron chi connectivity index (χ4n) is 3.06. The number of nitrogens with zero attached hydrogens (tertiary/aromatic N) is 4. The summed E-state index contributed by atoms with van der Waals surface area (Å²) in [4.78, 5) is 0.822. The average Bonchev–Trinajstić information content (AvgIpc) is 3.04. The molecule has 0 fully saturated rings. The minimum atomic E-state index is -1.06. The lowest BCUT2D eigenvalue weighted by atomic mass is 10.1. The molecule has 0 amide bonds. The summed E-state index contributed by atoms with van der Waals surface area (Å²) < 4.78 is 14.2. The van der Waals surface area contributed by atoms with Crippen LogP contribution in [0.15, 0.2) is 59.5 Å². The zero-order valence-electron chi connectivity index (χ0n) is 12.9. The molecule has 25 heavy (non-hydrogen) atoms. The van der Waals surface area contributed by atoms with Gasteiger partial charge in [-0.3, -0.25) is 4.21 Å². The van der Waals surface area contributed by atoms with Crippen LogP contribution >= 0.6 is 11.6 Å². The van der Waals surface area contributed by atoms with Crippen LogP contribution in [0.4, 0.5) is 0 Å². The van der Waals surface area contributed by atoms with Crippen molar-refractivity contribution in [3.8, 4) is 22.6 Å². The Morgan fingerprint density at radius 3 is 2.68 bits per heavy atom. The van der Waals surface area contributed by atoms with Gasteiger partial charge in [0, 0.05) is 21.0 Å². The van der Waals surface area contributed by atoms with Crippen LogP contribution in [0, 0.1) is 0 Å². The van der Waals surface area contributed by atoms with Crippen molar-refractivity contribution >= 4 is 28.0 Å². The van der Waals surface area contributed by atoms with Crippen molar-refractivity contribution in [1.82, 2.24) is 19.8 Å². The zero-order chi connectivity index (χ0) is 17.0. The molecule has 0 bridgehead atoms. The molecule has 1 aliphatic rings. The van der Waals surface area contributed by atoms with Gasteiger partial charge in [-0.05, 0) is 42.0 Å². The summed E-state index contributed by atoms with van der Waals surface area (Å²) in [5.74, 6) is 1.09. The maximum atomic E-state index is 12.5. The van der Waals surface area contributed by atoms with E-state index in [1.165, 1.54) is 0 Å². The molecule has 1 unspecified atom stereocenters. The number of fused-ring (bicyclic) bond motifs is 4. The number of hydrogen-bond acceptors (Lipinski definition) is 4. The number of hydrogen-bond donors (Lipinski definition) is 0. The molecular formula is C18H11ClN4OS. The fourth-order valence-corrected chi connectivity index (χ4v) is 4.49.